The van der Waals surface area contributed by atoms with Crippen LogP contribution in [-0.4, -0.2) is 29.8 Å². The number of carbonyl (C=O) groups excluding carboxylic acids is 1. The fraction of sp³-hybridized carbons (Fsp3) is 0.571. The lowest BCUT2D eigenvalue weighted by Crippen LogP contribution is -2.49. The van der Waals surface area contributed by atoms with Gasteiger partial charge < -0.3 is 0 Å². The van der Waals surface area contributed by atoms with Crippen molar-refractivity contribution in [3.8, 4) is 6.07 Å². The molecule has 1 aromatic rings. The second-order valence-electron chi connectivity index (χ2n) is 5.27. The number of nitrogens with zero attached hydrogens (tertiary/aromatic N) is 2. The van der Waals surface area contributed by atoms with E-state index in [1.165, 1.54) is 30.6 Å². The number of fused-ring (bicyclic) bond motifs is 3. The Bertz CT molecular complexity index is 494. The van der Waals surface area contributed by atoms with E-state index in [2.05, 4.69) is 11.0 Å². The Morgan fingerprint density at radius 1 is 1.44 bits per heavy atom. The van der Waals surface area contributed by atoms with Crippen LogP contribution < -0.4 is 0 Å². The Balaban J connectivity index is 1.66. The van der Waals surface area contributed by atoms with Crippen molar-refractivity contribution in [3.05, 3.63) is 21.9 Å². The minimum atomic E-state index is 0.207. The average molecular weight is 260 g/mol. The molecule has 3 aliphatic rings. The molecule has 1 aromatic heterocycles. The largest absolute Gasteiger partial charge is 0.300 e. The zero-order valence-corrected chi connectivity index (χ0v) is 11.1. The van der Waals surface area contributed by atoms with Crippen LogP contribution in [0.1, 0.15) is 40.2 Å². The first-order valence-electron chi connectivity index (χ1n) is 6.53. The highest BCUT2D eigenvalue weighted by molar-refractivity contribution is 7.14. The van der Waals surface area contributed by atoms with Crippen LogP contribution in [0.5, 0.6) is 0 Å². The highest BCUT2D eigenvalue weighted by Crippen LogP contribution is 2.34. The third kappa shape index (κ3) is 2.21. The van der Waals surface area contributed by atoms with E-state index in [0.29, 0.717) is 17.3 Å². The van der Waals surface area contributed by atoms with Gasteiger partial charge in [0.05, 0.1) is 4.88 Å². The molecule has 0 saturated carbocycles. The molecule has 3 aliphatic heterocycles. The third-order valence-corrected chi connectivity index (χ3v) is 5.21. The summed E-state index contributed by atoms with van der Waals surface area (Å²) < 4.78 is 0. The summed E-state index contributed by atoms with van der Waals surface area (Å²) in [5.41, 5.74) is 0. The van der Waals surface area contributed by atoms with Crippen LogP contribution in [0.3, 0.4) is 0 Å². The van der Waals surface area contributed by atoms with E-state index in [1.807, 2.05) is 0 Å². The molecule has 3 nitrogen and oxygen atoms in total. The van der Waals surface area contributed by atoms with Crippen molar-refractivity contribution in [1.29, 1.82) is 5.26 Å². The maximum absolute atomic E-state index is 12.2. The Labute approximate surface area is 111 Å². The molecule has 0 radical (unpaired) electrons. The number of carbonyl (C=O) groups is 1. The standard InChI is InChI=1S/C14H16N2OS/c15-9-12-1-2-14(18-12)13(17)8-11-7-10-3-5-16(11)6-4-10/h1-2,10-11H,3-8H2. The molecule has 0 amide bonds. The lowest BCUT2D eigenvalue weighted by molar-refractivity contribution is 0.0429. The van der Waals surface area contributed by atoms with Gasteiger partial charge in [-0.05, 0) is 50.4 Å². The molecule has 1 atom stereocenters. The Morgan fingerprint density at radius 2 is 2.22 bits per heavy atom. The Kier molecular flexibility index (Phi) is 3.19. The van der Waals surface area contributed by atoms with E-state index >= 15 is 0 Å². The van der Waals surface area contributed by atoms with E-state index < -0.39 is 0 Å². The van der Waals surface area contributed by atoms with Crippen molar-refractivity contribution >= 4 is 17.1 Å². The highest BCUT2D eigenvalue weighted by atomic mass is 32.1. The van der Waals surface area contributed by atoms with Crippen LogP contribution in [0.2, 0.25) is 0 Å². The molecule has 18 heavy (non-hydrogen) atoms. The molecule has 2 bridgehead atoms. The first kappa shape index (κ1) is 11.9. The molecular formula is C14H16N2OS. The van der Waals surface area contributed by atoms with Gasteiger partial charge in [0.1, 0.15) is 10.9 Å². The van der Waals surface area contributed by atoms with Gasteiger partial charge in [-0.1, -0.05) is 0 Å². The van der Waals surface area contributed by atoms with E-state index in [1.54, 1.807) is 12.1 Å². The van der Waals surface area contributed by atoms with Crippen molar-refractivity contribution in [2.45, 2.75) is 31.7 Å². The van der Waals surface area contributed by atoms with Gasteiger partial charge >= 0.3 is 0 Å². The van der Waals surface area contributed by atoms with Gasteiger partial charge in [-0.3, -0.25) is 9.69 Å². The lowest BCUT2D eigenvalue weighted by Gasteiger charge is -2.45. The van der Waals surface area contributed by atoms with E-state index in [-0.39, 0.29) is 5.78 Å². The smallest absolute Gasteiger partial charge is 0.174 e. The fourth-order valence-electron chi connectivity index (χ4n) is 3.16. The predicted molar refractivity (Wildman–Crippen MR) is 70.7 cm³/mol. The van der Waals surface area contributed by atoms with Crippen LogP contribution in [0.25, 0.3) is 0 Å². The minimum Gasteiger partial charge on any atom is -0.300 e. The van der Waals surface area contributed by atoms with Crippen LogP contribution in [0.4, 0.5) is 0 Å². The number of ketones is 1. The number of hydrogen-bond acceptors (Lipinski definition) is 4. The Morgan fingerprint density at radius 3 is 2.78 bits per heavy atom. The molecule has 94 valence electrons. The first-order chi connectivity index (χ1) is 8.76. The summed E-state index contributed by atoms with van der Waals surface area (Å²) in [5.74, 6) is 1.05. The second-order valence-corrected chi connectivity index (χ2v) is 6.36. The molecule has 4 heteroatoms. The quantitative estimate of drug-likeness (QED) is 0.785. The summed E-state index contributed by atoms with van der Waals surface area (Å²) in [6.45, 7) is 2.33. The molecule has 0 aliphatic carbocycles. The van der Waals surface area contributed by atoms with Crippen molar-refractivity contribution in [2.75, 3.05) is 13.1 Å². The normalized spacial score (nSPS) is 30.1. The monoisotopic (exact) mass is 260 g/mol. The van der Waals surface area contributed by atoms with Crippen LogP contribution in [-0.2, 0) is 0 Å². The molecule has 0 spiro atoms. The minimum absolute atomic E-state index is 0.207. The van der Waals surface area contributed by atoms with Gasteiger partial charge in [0.25, 0.3) is 0 Å². The highest BCUT2D eigenvalue weighted by Gasteiger charge is 2.34. The lowest BCUT2D eigenvalue weighted by atomic mass is 9.81. The number of nitriles is 1. The molecule has 4 rings (SSSR count). The molecule has 4 heterocycles. The Hall–Kier alpha value is -1.18. The third-order valence-electron chi connectivity index (χ3n) is 4.18. The number of rotatable bonds is 3. The van der Waals surface area contributed by atoms with E-state index in [0.717, 1.165) is 23.9 Å². The maximum Gasteiger partial charge on any atom is 0.174 e. The molecule has 3 fully saturated rings. The summed E-state index contributed by atoms with van der Waals surface area (Å²) in [6.07, 6.45) is 4.43. The summed E-state index contributed by atoms with van der Waals surface area (Å²) in [6, 6.07) is 6.07. The summed E-state index contributed by atoms with van der Waals surface area (Å²) in [4.78, 5) is 16.0. The summed E-state index contributed by atoms with van der Waals surface area (Å²) >= 11 is 1.32. The fourth-order valence-corrected chi connectivity index (χ4v) is 3.91. The maximum atomic E-state index is 12.2. The molecule has 3 saturated heterocycles. The average Bonchev–Trinajstić information content (AvgIpc) is 2.89. The van der Waals surface area contributed by atoms with E-state index in [4.69, 9.17) is 5.26 Å². The van der Waals surface area contributed by atoms with Gasteiger partial charge in [0, 0.05) is 12.5 Å². The zero-order chi connectivity index (χ0) is 12.5. The summed E-state index contributed by atoms with van der Waals surface area (Å²) in [7, 11) is 0. The van der Waals surface area contributed by atoms with Gasteiger partial charge in [0.2, 0.25) is 0 Å². The van der Waals surface area contributed by atoms with Gasteiger partial charge in [-0.2, -0.15) is 5.26 Å². The van der Waals surface area contributed by atoms with Crippen LogP contribution >= 0.6 is 11.3 Å². The van der Waals surface area contributed by atoms with Crippen LogP contribution in [0, 0.1) is 17.2 Å². The van der Waals surface area contributed by atoms with Crippen molar-refractivity contribution in [3.63, 3.8) is 0 Å². The van der Waals surface area contributed by atoms with Crippen molar-refractivity contribution in [2.24, 2.45) is 5.92 Å². The van der Waals surface area contributed by atoms with Crippen LogP contribution in [0.15, 0.2) is 12.1 Å². The predicted octanol–water partition coefficient (Wildman–Crippen LogP) is 2.68. The topological polar surface area (TPSA) is 44.1 Å². The van der Waals surface area contributed by atoms with Crippen molar-refractivity contribution in [1.82, 2.24) is 4.90 Å². The zero-order valence-electron chi connectivity index (χ0n) is 10.3. The summed E-state index contributed by atoms with van der Waals surface area (Å²) in [5, 5.41) is 8.78. The number of hydrogen-bond donors (Lipinski definition) is 0. The number of piperidine rings is 3. The molecule has 1 unspecified atom stereocenters. The molecular weight excluding hydrogens is 244 g/mol. The van der Waals surface area contributed by atoms with Gasteiger partial charge in [0.15, 0.2) is 5.78 Å². The SMILES string of the molecule is N#Cc1ccc(C(=O)CC2CC3CCN2CC3)s1. The first-order valence-corrected chi connectivity index (χ1v) is 7.35. The number of thiophene rings is 1. The van der Waals surface area contributed by atoms with Gasteiger partial charge in [-0.25, -0.2) is 0 Å². The number of Topliss-reactive ketones (excluding diaryl/α,β-unsaturated/α-hetero) is 1. The van der Waals surface area contributed by atoms with Gasteiger partial charge in [-0.15, -0.1) is 11.3 Å². The van der Waals surface area contributed by atoms with E-state index in [9.17, 15) is 4.79 Å². The molecule has 0 N–H and O–H groups in total. The van der Waals surface area contributed by atoms with Crippen molar-refractivity contribution < 1.29 is 4.79 Å². The second kappa shape index (κ2) is 4.83. The molecule has 0 aromatic carbocycles.